The Balaban J connectivity index is 1.35. The number of carbonyl (C=O) groups is 1. The van der Waals surface area contributed by atoms with Gasteiger partial charge in [-0.15, -0.1) is 0 Å². The van der Waals surface area contributed by atoms with Crippen molar-refractivity contribution in [2.45, 2.75) is 51.0 Å². The highest BCUT2D eigenvalue weighted by Crippen LogP contribution is 2.30. The van der Waals surface area contributed by atoms with Crippen LogP contribution in [-0.4, -0.2) is 41.1 Å². The van der Waals surface area contributed by atoms with Gasteiger partial charge in [0, 0.05) is 43.6 Å². The van der Waals surface area contributed by atoms with Crippen molar-refractivity contribution in [2.75, 3.05) is 19.6 Å². The van der Waals surface area contributed by atoms with E-state index in [4.69, 9.17) is 11.6 Å². The van der Waals surface area contributed by atoms with Crippen LogP contribution in [-0.2, 0) is 7.05 Å². The number of fused-ring (bicyclic) bond motifs is 1. The lowest BCUT2D eigenvalue weighted by Crippen LogP contribution is -2.46. The number of nitrogens with zero attached hydrogens (tertiary/aromatic N) is 2. The highest BCUT2D eigenvalue weighted by Gasteiger charge is 2.26. The maximum Gasteiger partial charge on any atom is 0.269 e. The zero-order chi connectivity index (χ0) is 18.8. The van der Waals surface area contributed by atoms with Crippen molar-refractivity contribution >= 4 is 28.4 Å². The molecule has 1 N–H and O–H groups in total. The second-order valence-electron chi connectivity index (χ2n) is 8.29. The number of aromatic nitrogens is 1. The molecular weight excluding hydrogens is 358 g/mol. The number of rotatable bonds is 4. The topological polar surface area (TPSA) is 37.3 Å². The second-order valence-corrected chi connectivity index (χ2v) is 8.67. The summed E-state index contributed by atoms with van der Waals surface area (Å²) in [5, 5.41) is 4.73. The first kappa shape index (κ1) is 18.8. The van der Waals surface area contributed by atoms with Crippen molar-refractivity contribution < 1.29 is 4.79 Å². The van der Waals surface area contributed by atoms with E-state index >= 15 is 0 Å². The van der Waals surface area contributed by atoms with Gasteiger partial charge in [-0.25, -0.2) is 0 Å². The van der Waals surface area contributed by atoms with Crippen LogP contribution in [0.2, 0.25) is 5.02 Å². The van der Waals surface area contributed by atoms with Gasteiger partial charge in [0.2, 0.25) is 0 Å². The van der Waals surface area contributed by atoms with Crippen LogP contribution < -0.4 is 5.32 Å². The van der Waals surface area contributed by atoms with Crippen LogP contribution in [0.5, 0.6) is 0 Å². The van der Waals surface area contributed by atoms with Crippen LogP contribution in [0.4, 0.5) is 0 Å². The van der Waals surface area contributed by atoms with Crippen LogP contribution in [0.15, 0.2) is 24.3 Å². The number of hydrogen-bond donors (Lipinski definition) is 1. The fourth-order valence-corrected chi connectivity index (χ4v) is 5.22. The minimum Gasteiger partial charge on any atom is -0.348 e. The molecule has 2 aliphatic rings. The molecule has 0 radical (unpaired) electrons. The van der Waals surface area contributed by atoms with E-state index in [9.17, 15) is 4.79 Å². The van der Waals surface area contributed by atoms with Gasteiger partial charge in [0.25, 0.3) is 5.91 Å². The first-order valence-corrected chi connectivity index (χ1v) is 10.8. The van der Waals surface area contributed by atoms with Gasteiger partial charge < -0.3 is 14.8 Å². The Kier molecular flexibility index (Phi) is 5.74. The molecule has 0 spiro atoms. The van der Waals surface area contributed by atoms with Crippen LogP contribution >= 0.6 is 11.6 Å². The third-order valence-corrected chi connectivity index (χ3v) is 6.81. The zero-order valence-electron chi connectivity index (χ0n) is 16.2. The zero-order valence-corrected chi connectivity index (χ0v) is 17.0. The molecule has 1 aromatic heterocycles. The molecule has 2 heterocycles. The summed E-state index contributed by atoms with van der Waals surface area (Å²) in [4.78, 5) is 15.5. The predicted molar refractivity (Wildman–Crippen MR) is 111 cm³/mol. The van der Waals surface area contributed by atoms with Crippen molar-refractivity contribution in [3.8, 4) is 0 Å². The summed E-state index contributed by atoms with van der Waals surface area (Å²) < 4.78 is 1.91. The van der Waals surface area contributed by atoms with Gasteiger partial charge in [-0.05, 0) is 37.7 Å². The number of carbonyl (C=O) groups excluding carboxylic acids is 1. The number of para-hydroxylation sites is 1. The molecule has 1 aromatic carbocycles. The van der Waals surface area contributed by atoms with Crippen LogP contribution in [0.3, 0.4) is 0 Å². The maximum absolute atomic E-state index is 12.9. The fraction of sp³-hybridized carbons (Fsp3) is 0.591. The van der Waals surface area contributed by atoms with Gasteiger partial charge in [-0.3, -0.25) is 4.79 Å². The fourth-order valence-electron chi connectivity index (χ4n) is 4.85. The Hall–Kier alpha value is -1.52. The second kappa shape index (κ2) is 8.24. The van der Waals surface area contributed by atoms with Crippen molar-refractivity contribution in [3.05, 3.63) is 35.0 Å². The molecule has 1 aliphatic heterocycles. The van der Waals surface area contributed by atoms with Crippen LogP contribution in [0.25, 0.3) is 10.9 Å². The average Bonchev–Trinajstić information content (AvgIpc) is 2.95. The third-order valence-electron chi connectivity index (χ3n) is 6.42. The quantitative estimate of drug-likeness (QED) is 0.831. The molecule has 0 unspecified atom stereocenters. The average molecular weight is 388 g/mol. The number of piperidine rings is 1. The summed E-state index contributed by atoms with van der Waals surface area (Å²) in [6.07, 6.45) is 9.08. The maximum atomic E-state index is 12.9. The highest BCUT2D eigenvalue weighted by molar-refractivity contribution is 6.38. The lowest BCUT2D eigenvalue weighted by molar-refractivity contribution is 0.0894. The van der Waals surface area contributed by atoms with Gasteiger partial charge in [-0.2, -0.15) is 0 Å². The van der Waals surface area contributed by atoms with Crippen molar-refractivity contribution in [1.29, 1.82) is 0 Å². The molecule has 5 heteroatoms. The van der Waals surface area contributed by atoms with Gasteiger partial charge in [-0.1, -0.05) is 49.1 Å². The summed E-state index contributed by atoms with van der Waals surface area (Å²) in [5.41, 5.74) is 1.57. The molecule has 146 valence electrons. The standard InChI is InChI=1S/C22H30ClN3O/c1-25-19-10-6-5-9-18(19)20(23)21(25)22(27)24-17-11-13-26(14-12-17)15-16-7-3-2-4-8-16/h5-6,9-10,16-17H,2-4,7-8,11-15H2,1H3,(H,24,27). The van der Waals surface area contributed by atoms with E-state index in [-0.39, 0.29) is 11.9 Å². The number of aryl methyl sites for hydroxylation is 1. The molecular formula is C22H30ClN3O. The molecule has 2 aromatic rings. The minimum atomic E-state index is -0.0515. The Morgan fingerprint density at radius 2 is 1.81 bits per heavy atom. The smallest absolute Gasteiger partial charge is 0.269 e. The summed E-state index contributed by atoms with van der Waals surface area (Å²) in [7, 11) is 1.91. The molecule has 0 atom stereocenters. The van der Waals surface area contributed by atoms with Gasteiger partial charge in [0.05, 0.1) is 5.02 Å². The first-order valence-electron chi connectivity index (χ1n) is 10.4. The van der Waals surface area contributed by atoms with Crippen molar-refractivity contribution in [2.24, 2.45) is 13.0 Å². The molecule has 4 rings (SSSR count). The monoisotopic (exact) mass is 387 g/mol. The number of amides is 1. The molecule has 1 amide bonds. The molecule has 1 saturated carbocycles. The number of hydrogen-bond acceptors (Lipinski definition) is 2. The van der Waals surface area contributed by atoms with E-state index in [0.717, 1.165) is 42.8 Å². The Morgan fingerprint density at radius 1 is 1.11 bits per heavy atom. The van der Waals surface area contributed by atoms with Gasteiger partial charge in [0.15, 0.2) is 0 Å². The Morgan fingerprint density at radius 3 is 2.52 bits per heavy atom. The third kappa shape index (κ3) is 4.02. The lowest BCUT2D eigenvalue weighted by atomic mass is 9.88. The molecule has 1 saturated heterocycles. The molecule has 2 fully saturated rings. The van der Waals surface area contributed by atoms with E-state index in [0.29, 0.717) is 10.7 Å². The van der Waals surface area contributed by atoms with Gasteiger partial charge >= 0.3 is 0 Å². The Bertz CT molecular complexity index is 762. The molecule has 0 bridgehead atoms. The molecule has 1 aliphatic carbocycles. The largest absolute Gasteiger partial charge is 0.348 e. The molecule has 4 nitrogen and oxygen atoms in total. The van der Waals surface area contributed by atoms with Gasteiger partial charge in [0.1, 0.15) is 5.69 Å². The Labute approximate surface area is 166 Å². The summed E-state index contributed by atoms with van der Waals surface area (Å²) in [6.45, 7) is 3.42. The van der Waals surface area contributed by atoms with E-state index in [1.165, 1.54) is 38.6 Å². The summed E-state index contributed by atoms with van der Waals surface area (Å²) in [6, 6.07) is 8.15. The number of likely N-dealkylation sites (tertiary alicyclic amines) is 1. The summed E-state index contributed by atoms with van der Waals surface area (Å²) in [5.74, 6) is 0.837. The normalized spacial score (nSPS) is 20.2. The first-order chi connectivity index (χ1) is 13.1. The van der Waals surface area contributed by atoms with Crippen LogP contribution in [0, 0.1) is 5.92 Å². The van der Waals surface area contributed by atoms with E-state index in [2.05, 4.69) is 10.2 Å². The van der Waals surface area contributed by atoms with E-state index < -0.39 is 0 Å². The number of benzene rings is 1. The number of nitrogens with one attached hydrogen (secondary N) is 1. The van der Waals surface area contributed by atoms with Crippen LogP contribution in [0.1, 0.15) is 55.4 Å². The van der Waals surface area contributed by atoms with E-state index in [1.807, 2.05) is 35.9 Å². The summed E-state index contributed by atoms with van der Waals surface area (Å²) >= 11 is 6.52. The highest BCUT2D eigenvalue weighted by atomic mass is 35.5. The van der Waals surface area contributed by atoms with Crippen molar-refractivity contribution in [1.82, 2.24) is 14.8 Å². The lowest BCUT2D eigenvalue weighted by Gasteiger charge is -2.35. The molecule has 27 heavy (non-hydrogen) atoms. The van der Waals surface area contributed by atoms with E-state index in [1.54, 1.807) is 0 Å². The number of halogens is 1. The SMILES string of the molecule is Cn1c(C(=O)NC2CCN(CC3CCCCC3)CC2)c(Cl)c2ccccc21. The van der Waals surface area contributed by atoms with Crippen molar-refractivity contribution in [3.63, 3.8) is 0 Å². The predicted octanol–water partition coefficient (Wildman–Crippen LogP) is 4.61. The minimum absolute atomic E-state index is 0.0515.